The fraction of sp³-hybridized carbons (Fsp3) is 0.778. The third kappa shape index (κ3) is 6.03. The Balaban J connectivity index is 3.94. The third-order valence-electron chi connectivity index (χ3n) is 1.73. The van der Waals surface area contributed by atoms with Gasteiger partial charge in [-0.1, -0.05) is 18.5 Å². The molecule has 0 amide bonds. The normalized spacial score (nSPS) is 13.9. The van der Waals surface area contributed by atoms with Gasteiger partial charge in [-0.15, -0.1) is 12.3 Å². The molecule has 1 N–H and O–H groups in total. The Morgan fingerprint density at radius 1 is 1.69 bits per heavy atom. The molecule has 0 aliphatic heterocycles. The van der Waals surface area contributed by atoms with Gasteiger partial charge in [0, 0.05) is 17.4 Å². The minimum absolute atomic E-state index is 0.127. The molecule has 4 nitrogen and oxygen atoms in total. The number of nitrogens with zero attached hydrogens (tertiary/aromatic N) is 3. The fourth-order valence-electron chi connectivity index (χ4n) is 1.16. The summed E-state index contributed by atoms with van der Waals surface area (Å²) in [6.45, 7) is 2.01. The lowest BCUT2D eigenvalue weighted by molar-refractivity contribution is 0.159. The summed E-state index contributed by atoms with van der Waals surface area (Å²) in [6, 6.07) is -0.127. The van der Waals surface area contributed by atoms with Crippen molar-refractivity contribution in [2.75, 3.05) is 0 Å². The van der Waals surface area contributed by atoms with E-state index in [-0.39, 0.29) is 6.04 Å². The van der Waals surface area contributed by atoms with E-state index in [1.54, 1.807) is 0 Å². The SMILES string of the molecule is C#CC[C@@H](O)C[C@H](CCC)N=[N+]=[N-]. The molecule has 0 rings (SSSR count). The fourth-order valence-corrected chi connectivity index (χ4v) is 1.16. The van der Waals surface area contributed by atoms with Crippen molar-refractivity contribution in [2.24, 2.45) is 5.11 Å². The number of aliphatic hydroxyl groups excluding tert-OH is 1. The molecule has 0 bridgehead atoms. The zero-order valence-corrected chi connectivity index (χ0v) is 7.85. The molecule has 2 atom stereocenters. The third-order valence-corrected chi connectivity index (χ3v) is 1.73. The summed E-state index contributed by atoms with van der Waals surface area (Å²) in [5.41, 5.74) is 8.24. The van der Waals surface area contributed by atoms with Crippen LogP contribution in [0, 0.1) is 12.3 Å². The van der Waals surface area contributed by atoms with Gasteiger partial charge in [0.05, 0.1) is 6.10 Å². The smallest absolute Gasteiger partial charge is 0.0653 e. The molecule has 4 heteroatoms. The highest BCUT2D eigenvalue weighted by molar-refractivity contribution is 4.88. The Bertz CT molecular complexity index is 215. The number of rotatable bonds is 6. The van der Waals surface area contributed by atoms with Crippen molar-refractivity contribution in [3.05, 3.63) is 10.4 Å². The predicted molar refractivity (Wildman–Crippen MR) is 51.9 cm³/mol. The van der Waals surface area contributed by atoms with Crippen molar-refractivity contribution in [2.45, 2.75) is 44.8 Å². The van der Waals surface area contributed by atoms with Crippen LogP contribution in [0.5, 0.6) is 0 Å². The average molecular weight is 181 g/mol. The molecule has 0 unspecified atom stereocenters. The first kappa shape index (κ1) is 11.8. The Kier molecular flexibility index (Phi) is 6.80. The standard InChI is InChI=1S/C9H15N3O/c1-3-5-8(11-12-10)7-9(13)6-4-2/h2,8-9,13H,3,5-7H2,1H3/t8-,9+/m0/s1. The van der Waals surface area contributed by atoms with E-state index in [1.807, 2.05) is 6.92 Å². The summed E-state index contributed by atoms with van der Waals surface area (Å²) in [5, 5.41) is 12.9. The van der Waals surface area contributed by atoms with Gasteiger partial charge in [-0.05, 0) is 18.4 Å². The van der Waals surface area contributed by atoms with E-state index < -0.39 is 6.10 Å². The molecule has 0 spiro atoms. The van der Waals surface area contributed by atoms with Crippen LogP contribution in [0.1, 0.15) is 32.6 Å². The van der Waals surface area contributed by atoms with Crippen LogP contribution < -0.4 is 0 Å². The molecule has 0 heterocycles. The van der Waals surface area contributed by atoms with Gasteiger partial charge in [-0.2, -0.15) is 0 Å². The molecule has 0 aromatic rings. The molecule has 13 heavy (non-hydrogen) atoms. The minimum atomic E-state index is -0.549. The Hall–Kier alpha value is -1.17. The van der Waals surface area contributed by atoms with Crippen LogP contribution in [0.2, 0.25) is 0 Å². The molecule has 72 valence electrons. The van der Waals surface area contributed by atoms with Crippen molar-refractivity contribution in [1.29, 1.82) is 0 Å². The molecule has 0 aromatic heterocycles. The average Bonchev–Trinajstić information content (AvgIpc) is 2.05. The molecule has 0 saturated heterocycles. The molecule has 0 saturated carbocycles. The highest BCUT2D eigenvalue weighted by Gasteiger charge is 2.11. The zero-order valence-electron chi connectivity index (χ0n) is 7.85. The lowest BCUT2D eigenvalue weighted by atomic mass is 10.0. The number of hydrogen-bond donors (Lipinski definition) is 1. The first-order valence-electron chi connectivity index (χ1n) is 4.40. The number of aliphatic hydroxyl groups is 1. The second-order valence-corrected chi connectivity index (χ2v) is 2.95. The molecule has 0 radical (unpaired) electrons. The zero-order chi connectivity index (χ0) is 10.1. The summed E-state index contributed by atoms with van der Waals surface area (Å²) in [6.07, 6.45) is 7.01. The van der Waals surface area contributed by atoms with Gasteiger partial charge in [-0.3, -0.25) is 0 Å². The predicted octanol–water partition coefficient (Wildman–Crippen LogP) is 2.24. The molecular weight excluding hydrogens is 166 g/mol. The van der Waals surface area contributed by atoms with E-state index in [4.69, 9.17) is 12.0 Å². The number of hydrogen-bond acceptors (Lipinski definition) is 2. The monoisotopic (exact) mass is 181 g/mol. The first-order chi connectivity index (χ1) is 6.24. The topological polar surface area (TPSA) is 69.0 Å². The first-order valence-corrected chi connectivity index (χ1v) is 4.40. The molecule has 0 fully saturated rings. The van der Waals surface area contributed by atoms with Crippen molar-refractivity contribution in [3.63, 3.8) is 0 Å². The van der Waals surface area contributed by atoms with E-state index in [0.29, 0.717) is 12.8 Å². The van der Waals surface area contributed by atoms with Crippen molar-refractivity contribution in [3.8, 4) is 12.3 Å². The quantitative estimate of drug-likeness (QED) is 0.290. The van der Waals surface area contributed by atoms with Crippen LogP contribution in [0.3, 0.4) is 0 Å². The van der Waals surface area contributed by atoms with Crippen LogP contribution in [-0.2, 0) is 0 Å². The van der Waals surface area contributed by atoms with Crippen molar-refractivity contribution in [1.82, 2.24) is 0 Å². The summed E-state index contributed by atoms with van der Waals surface area (Å²) in [7, 11) is 0. The van der Waals surface area contributed by atoms with Gasteiger partial charge in [0.1, 0.15) is 0 Å². The van der Waals surface area contributed by atoms with E-state index >= 15 is 0 Å². The lowest BCUT2D eigenvalue weighted by Gasteiger charge is -2.12. The van der Waals surface area contributed by atoms with E-state index in [2.05, 4.69) is 15.9 Å². The van der Waals surface area contributed by atoms with Gasteiger partial charge < -0.3 is 5.11 Å². The number of terminal acetylenes is 1. The highest BCUT2D eigenvalue weighted by atomic mass is 16.3. The van der Waals surface area contributed by atoms with Crippen LogP contribution in [-0.4, -0.2) is 17.3 Å². The van der Waals surface area contributed by atoms with Crippen LogP contribution in [0.15, 0.2) is 5.11 Å². The maximum atomic E-state index is 9.35. The second kappa shape index (κ2) is 7.48. The van der Waals surface area contributed by atoms with E-state index in [9.17, 15) is 5.11 Å². The summed E-state index contributed by atoms with van der Waals surface area (Å²) in [4.78, 5) is 2.73. The second-order valence-electron chi connectivity index (χ2n) is 2.95. The largest absolute Gasteiger partial charge is 0.392 e. The lowest BCUT2D eigenvalue weighted by Crippen LogP contribution is -2.15. The van der Waals surface area contributed by atoms with Gasteiger partial charge in [0.25, 0.3) is 0 Å². The Morgan fingerprint density at radius 2 is 2.38 bits per heavy atom. The highest BCUT2D eigenvalue weighted by Crippen LogP contribution is 2.11. The van der Waals surface area contributed by atoms with Crippen molar-refractivity contribution < 1.29 is 5.11 Å². The van der Waals surface area contributed by atoms with Crippen LogP contribution in [0.25, 0.3) is 10.4 Å². The van der Waals surface area contributed by atoms with Crippen molar-refractivity contribution >= 4 is 0 Å². The maximum Gasteiger partial charge on any atom is 0.0653 e. The van der Waals surface area contributed by atoms with Gasteiger partial charge >= 0.3 is 0 Å². The summed E-state index contributed by atoms with van der Waals surface area (Å²) in [5.74, 6) is 2.37. The summed E-state index contributed by atoms with van der Waals surface area (Å²) < 4.78 is 0. The molecule has 0 aliphatic carbocycles. The Labute approximate surface area is 78.6 Å². The molecule has 0 aromatic carbocycles. The summed E-state index contributed by atoms with van der Waals surface area (Å²) >= 11 is 0. The van der Waals surface area contributed by atoms with Gasteiger partial charge in [0.15, 0.2) is 0 Å². The van der Waals surface area contributed by atoms with Crippen LogP contribution >= 0.6 is 0 Å². The minimum Gasteiger partial charge on any atom is -0.392 e. The van der Waals surface area contributed by atoms with E-state index in [0.717, 1.165) is 12.8 Å². The van der Waals surface area contributed by atoms with Crippen LogP contribution in [0.4, 0.5) is 0 Å². The molecular formula is C9H15N3O. The maximum absolute atomic E-state index is 9.35. The molecule has 0 aliphatic rings. The van der Waals surface area contributed by atoms with E-state index in [1.165, 1.54) is 0 Å². The Morgan fingerprint density at radius 3 is 2.85 bits per heavy atom. The number of azide groups is 1. The van der Waals surface area contributed by atoms with Gasteiger partial charge in [-0.25, -0.2) is 0 Å². The van der Waals surface area contributed by atoms with Gasteiger partial charge in [0.2, 0.25) is 0 Å².